The topological polar surface area (TPSA) is 21.3 Å². The lowest BCUT2D eigenvalue weighted by Crippen LogP contribution is -2.33. The van der Waals surface area contributed by atoms with E-state index in [1.165, 1.54) is 22.0 Å². The Bertz CT molecular complexity index is 402. The Kier molecular flexibility index (Phi) is 5.86. The van der Waals surface area contributed by atoms with Gasteiger partial charge in [0.25, 0.3) is 0 Å². The van der Waals surface area contributed by atoms with Gasteiger partial charge in [0, 0.05) is 23.7 Å². The van der Waals surface area contributed by atoms with Crippen molar-refractivity contribution < 1.29 is 4.74 Å². The minimum Gasteiger partial charge on any atom is -0.381 e. The zero-order valence-electron chi connectivity index (χ0n) is 11.9. The maximum Gasteiger partial charge on any atom is 0.0469 e. The summed E-state index contributed by atoms with van der Waals surface area (Å²) in [4.78, 5) is 0. The highest BCUT2D eigenvalue weighted by Crippen LogP contribution is 2.33. The largest absolute Gasteiger partial charge is 0.381 e. The Balaban J connectivity index is 2.22. The van der Waals surface area contributed by atoms with Crippen LogP contribution in [0.2, 0.25) is 0 Å². The van der Waals surface area contributed by atoms with E-state index in [0.717, 1.165) is 32.6 Å². The van der Waals surface area contributed by atoms with E-state index in [1.807, 2.05) is 0 Å². The monoisotopic (exact) mass is 325 g/mol. The quantitative estimate of drug-likeness (QED) is 0.874. The fourth-order valence-electron chi connectivity index (χ4n) is 2.83. The molecular formula is C16H24BrNO. The first-order chi connectivity index (χ1) is 9.22. The third kappa shape index (κ3) is 4.04. The first-order valence-electron chi connectivity index (χ1n) is 7.29. The highest BCUT2D eigenvalue weighted by atomic mass is 79.9. The van der Waals surface area contributed by atoms with Gasteiger partial charge in [0.2, 0.25) is 0 Å². The maximum atomic E-state index is 5.51. The van der Waals surface area contributed by atoms with Crippen LogP contribution in [0.5, 0.6) is 0 Å². The number of ether oxygens (including phenoxy) is 1. The van der Waals surface area contributed by atoms with Gasteiger partial charge in [-0.1, -0.05) is 28.9 Å². The molecule has 0 aromatic heterocycles. The van der Waals surface area contributed by atoms with Crippen LogP contribution in [0, 0.1) is 12.8 Å². The van der Waals surface area contributed by atoms with Gasteiger partial charge in [0.15, 0.2) is 0 Å². The smallest absolute Gasteiger partial charge is 0.0469 e. The number of benzene rings is 1. The van der Waals surface area contributed by atoms with Gasteiger partial charge in [0.1, 0.15) is 0 Å². The second kappa shape index (κ2) is 7.41. The normalized spacial score (nSPS) is 18.5. The number of hydrogen-bond acceptors (Lipinski definition) is 2. The fraction of sp³-hybridized carbons (Fsp3) is 0.625. The van der Waals surface area contributed by atoms with Gasteiger partial charge in [-0.15, -0.1) is 0 Å². The molecule has 0 spiro atoms. The number of halogens is 1. The molecule has 1 aromatic rings. The van der Waals surface area contributed by atoms with Gasteiger partial charge in [-0.3, -0.25) is 0 Å². The molecule has 0 aliphatic carbocycles. The molecule has 19 heavy (non-hydrogen) atoms. The van der Waals surface area contributed by atoms with Crippen LogP contribution in [-0.4, -0.2) is 19.8 Å². The van der Waals surface area contributed by atoms with E-state index in [4.69, 9.17) is 4.74 Å². The van der Waals surface area contributed by atoms with Crippen molar-refractivity contribution in [1.82, 2.24) is 5.32 Å². The predicted molar refractivity (Wildman–Crippen MR) is 83.5 cm³/mol. The summed E-state index contributed by atoms with van der Waals surface area (Å²) < 4.78 is 6.68. The van der Waals surface area contributed by atoms with E-state index in [2.05, 4.69) is 53.3 Å². The van der Waals surface area contributed by atoms with Crippen molar-refractivity contribution in [3.8, 4) is 0 Å². The minimum absolute atomic E-state index is 0.460. The Hall–Kier alpha value is -0.380. The third-order valence-electron chi connectivity index (χ3n) is 3.93. The first-order valence-corrected chi connectivity index (χ1v) is 8.09. The van der Waals surface area contributed by atoms with Crippen LogP contribution < -0.4 is 5.32 Å². The SMILES string of the molecule is CCCNC(c1cc(Br)ccc1C)C1CCOCC1. The molecule has 1 fully saturated rings. The van der Waals surface area contributed by atoms with Crippen LogP contribution in [0.25, 0.3) is 0 Å². The molecule has 106 valence electrons. The second-order valence-electron chi connectivity index (χ2n) is 5.38. The van der Waals surface area contributed by atoms with E-state index in [0.29, 0.717) is 12.0 Å². The highest BCUT2D eigenvalue weighted by molar-refractivity contribution is 9.10. The molecule has 0 amide bonds. The molecule has 1 heterocycles. The second-order valence-corrected chi connectivity index (χ2v) is 6.30. The van der Waals surface area contributed by atoms with Crippen LogP contribution in [0.1, 0.15) is 43.4 Å². The molecule has 1 unspecified atom stereocenters. The molecule has 0 saturated carbocycles. The molecule has 1 aliphatic heterocycles. The molecule has 0 bridgehead atoms. The summed E-state index contributed by atoms with van der Waals surface area (Å²) in [6.07, 6.45) is 3.49. The molecule has 3 heteroatoms. The average molecular weight is 326 g/mol. The summed E-state index contributed by atoms with van der Waals surface area (Å²) in [6, 6.07) is 7.07. The van der Waals surface area contributed by atoms with E-state index >= 15 is 0 Å². The first kappa shape index (κ1) is 15.0. The highest BCUT2D eigenvalue weighted by Gasteiger charge is 2.26. The zero-order chi connectivity index (χ0) is 13.7. The maximum absolute atomic E-state index is 5.51. The number of aryl methyl sites for hydroxylation is 1. The van der Waals surface area contributed by atoms with Gasteiger partial charge in [-0.2, -0.15) is 0 Å². The van der Waals surface area contributed by atoms with E-state index < -0.39 is 0 Å². The number of hydrogen-bond donors (Lipinski definition) is 1. The van der Waals surface area contributed by atoms with Crippen molar-refractivity contribution in [2.45, 2.75) is 39.2 Å². The van der Waals surface area contributed by atoms with Gasteiger partial charge in [-0.05, 0) is 61.9 Å². The van der Waals surface area contributed by atoms with E-state index in [9.17, 15) is 0 Å². The predicted octanol–water partition coefficient (Wildman–Crippen LogP) is 4.22. The Labute approximate surface area is 125 Å². The van der Waals surface area contributed by atoms with Crippen molar-refractivity contribution in [2.24, 2.45) is 5.92 Å². The summed E-state index contributed by atoms with van der Waals surface area (Å²) in [5, 5.41) is 3.75. The van der Waals surface area contributed by atoms with Crippen LogP contribution in [0.3, 0.4) is 0 Å². The lowest BCUT2D eigenvalue weighted by Gasteiger charge is -2.32. The van der Waals surface area contributed by atoms with Gasteiger partial charge in [0.05, 0.1) is 0 Å². The van der Waals surface area contributed by atoms with Crippen molar-refractivity contribution in [3.05, 3.63) is 33.8 Å². The summed E-state index contributed by atoms with van der Waals surface area (Å²) >= 11 is 3.60. The van der Waals surface area contributed by atoms with Crippen molar-refractivity contribution >= 4 is 15.9 Å². The molecule has 1 saturated heterocycles. The molecule has 2 nitrogen and oxygen atoms in total. The van der Waals surface area contributed by atoms with E-state index in [-0.39, 0.29) is 0 Å². The molecule has 0 radical (unpaired) electrons. The Morgan fingerprint density at radius 3 is 2.79 bits per heavy atom. The summed E-state index contributed by atoms with van der Waals surface area (Å²) in [7, 11) is 0. The van der Waals surface area contributed by atoms with Crippen LogP contribution >= 0.6 is 15.9 Å². The molecule has 1 atom stereocenters. The molecule has 1 aromatic carbocycles. The Morgan fingerprint density at radius 1 is 1.37 bits per heavy atom. The van der Waals surface area contributed by atoms with Crippen LogP contribution in [0.15, 0.2) is 22.7 Å². The average Bonchev–Trinajstić information content (AvgIpc) is 2.44. The number of rotatable bonds is 5. The van der Waals surface area contributed by atoms with Gasteiger partial charge in [-0.25, -0.2) is 0 Å². The van der Waals surface area contributed by atoms with Crippen LogP contribution in [-0.2, 0) is 4.74 Å². The molecule has 1 N–H and O–H groups in total. The third-order valence-corrected chi connectivity index (χ3v) is 4.42. The van der Waals surface area contributed by atoms with Gasteiger partial charge < -0.3 is 10.1 Å². The van der Waals surface area contributed by atoms with E-state index in [1.54, 1.807) is 0 Å². The minimum atomic E-state index is 0.460. The van der Waals surface area contributed by atoms with Crippen molar-refractivity contribution in [2.75, 3.05) is 19.8 Å². The lowest BCUT2D eigenvalue weighted by molar-refractivity contribution is 0.0535. The van der Waals surface area contributed by atoms with Gasteiger partial charge >= 0.3 is 0 Å². The summed E-state index contributed by atoms with van der Waals surface area (Å²) in [6.45, 7) is 7.32. The Morgan fingerprint density at radius 2 is 2.11 bits per heavy atom. The lowest BCUT2D eigenvalue weighted by atomic mass is 9.85. The summed E-state index contributed by atoms with van der Waals surface area (Å²) in [5.41, 5.74) is 2.82. The summed E-state index contributed by atoms with van der Waals surface area (Å²) in [5.74, 6) is 0.688. The number of nitrogens with one attached hydrogen (secondary N) is 1. The standard InChI is InChI=1S/C16H24BrNO/c1-3-8-18-16(13-6-9-19-10-7-13)15-11-14(17)5-4-12(15)2/h4-5,11,13,16,18H,3,6-10H2,1-2H3. The molecule has 1 aliphatic rings. The van der Waals surface area contributed by atoms with Crippen LogP contribution in [0.4, 0.5) is 0 Å². The fourth-order valence-corrected chi connectivity index (χ4v) is 3.20. The van der Waals surface area contributed by atoms with Crippen molar-refractivity contribution in [1.29, 1.82) is 0 Å². The zero-order valence-corrected chi connectivity index (χ0v) is 13.5. The van der Waals surface area contributed by atoms with Crippen molar-refractivity contribution in [3.63, 3.8) is 0 Å². The molecular weight excluding hydrogens is 302 g/mol. The molecule has 2 rings (SSSR count).